The average molecular weight is 2020 g/mol. The topological polar surface area (TPSA) is 433 Å². The van der Waals surface area contributed by atoms with Crippen LogP contribution in [0, 0.1) is 0 Å². The largest absolute Gasteiger partial charge is 0.411 e. The monoisotopic (exact) mass is 2010 g/mol. The Morgan fingerprint density at radius 1 is 0.281 bits per heavy atom. The third kappa shape index (κ3) is 23.4. The zero-order valence-corrected chi connectivity index (χ0v) is 73.1. The molecule has 0 aliphatic heterocycles. The van der Waals surface area contributed by atoms with Gasteiger partial charge in [0.15, 0.2) is 40.5 Å². The first-order valence-corrected chi connectivity index (χ1v) is 44.9. The minimum atomic E-state index is -6.16. The first-order chi connectivity index (χ1) is 60.1. The summed E-state index contributed by atoms with van der Waals surface area (Å²) in [5.41, 5.74) is -10.8. The highest BCUT2D eigenvalue weighted by atomic mass is 35.5. The highest BCUT2D eigenvalue weighted by Gasteiger charge is 2.73. The summed E-state index contributed by atoms with van der Waals surface area (Å²) < 4.78 is 228. The van der Waals surface area contributed by atoms with Gasteiger partial charge in [-0.15, -0.1) is 13.0 Å². The van der Waals surface area contributed by atoms with Gasteiger partial charge in [0.2, 0.25) is 15.3 Å². The summed E-state index contributed by atoms with van der Waals surface area (Å²) in [7, 11) is -18.7. The van der Waals surface area contributed by atoms with E-state index in [2.05, 4.69) is 28.1 Å². The second kappa shape index (κ2) is 41.8. The molecule has 12 aromatic rings. The van der Waals surface area contributed by atoms with Gasteiger partial charge >= 0.3 is 12.4 Å². The molecule has 0 saturated carbocycles. The minimum Gasteiger partial charge on any atom is -0.289 e. The summed E-state index contributed by atoms with van der Waals surface area (Å²) >= 11 is 38.6. The van der Waals surface area contributed by atoms with E-state index < -0.39 is 166 Å². The Labute approximate surface area is 762 Å². The van der Waals surface area contributed by atoms with Crippen molar-refractivity contribution in [1.29, 1.82) is 0 Å². The smallest absolute Gasteiger partial charge is 0.289 e. The summed E-state index contributed by atoms with van der Waals surface area (Å²) in [6.07, 6.45) is -12.3. The van der Waals surface area contributed by atoms with E-state index in [1.165, 1.54) is 121 Å². The van der Waals surface area contributed by atoms with Crippen molar-refractivity contribution < 1.29 is 151 Å². The maximum atomic E-state index is 15.0. The second-order valence-corrected chi connectivity index (χ2v) is 36.9. The fraction of sp³-hybridized carbons (Fsp3) is 0.0366. The SMILES string of the molecule is O=C(c1ccc(Cl)c(C(=O)c2cccc(SOOO)c2)c1)c1ccc(Cl)c(C(=O)c2cccc(S(=O)(=O)O)c2)c1.O=C(c1cccc(SOOO)c1)c1cc(C(c2ccc(Cl)c(C(=O)c3cccc(S(=O)(=O)O)c3)c2)(C(F)(F)F)C(F)(F)F)ccc1Cl.O=C(c1cccc(SOOO)c1)c1cc(Cl)ccc1S(=O)(=O)c1ccc(Cl)cc1C(=O)c1cccc(S(=O)(=O)O)c1. The summed E-state index contributed by atoms with van der Waals surface area (Å²) in [6.45, 7) is 0. The maximum absolute atomic E-state index is 15.0. The average Bonchev–Trinajstić information content (AvgIpc) is 0.708. The van der Waals surface area contributed by atoms with Crippen LogP contribution in [0.5, 0.6) is 0 Å². The number of ketones is 7. The van der Waals surface area contributed by atoms with Crippen LogP contribution in [-0.2, 0) is 73.7 Å². The van der Waals surface area contributed by atoms with E-state index in [1.807, 2.05) is 0 Å². The Hall–Kier alpha value is -9.98. The molecule has 0 unspecified atom stereocenters. The standard InChI is InChI=1S/C29H16Cl2F6O8S2.C27H16Cl2O9S2.C26H16Cl2O10S3/c30-23-9-7-17(13-21(23)25(38)15-3-1-5-19(11-15)46-45-44-40)27(28(32,33)34,29(35,36)37)18-8-10-24(31)22(14-18)26(39)16-4-2-6-20(12-16)47(41,42)43;28-23-9-7-17(13-21(23)26(31)15-3-1-5-19(11-15)39-38-37-33)25(30)18-8-10-24(29)22(14-18)27(32)16-4-2-6-20(12-16)40(34,35)36;27-17-7-9-23(21(13-17)25(29)15-3-1-5-19(11-15)39-38-37-31)40(32,33)24-10-8-18(28)14-22(24)26(30)16-4-2-6-20(12-16)41(34,35)36/h1-14,40H,(H,41,42,43);1-14,33H,(H,34,35,36);1-14,31H,(H,34,35,36). The number of rotatable bonds is 30. The number of sulfone groups is 1. The number of benzene rings is 12. The molecule has 46 heteroatoms. The number of hydrogen-bond donors (Lipinski definition) is 6. The second-order valence-electron chi connectivity index (χ2n) is 25.9. The molecule has 664 valence electrons. The molecule has 0 radical (unpaired) electrons. The summed E-state index contributed by atoms with van der Waals surface area (Å²) in [5, 5.41) is 34.8. The lowest BCUT2D eigenvalue weighted by molar-refractivity contribution is -0.432. The third-order valence-electron chi connectivity index (χ3n) is 18.0. The number of halogens is 12. The summed E-state index contributed by atoms with van der Waals surface area (Å²) in [4.78, 5) is 91.5. The van der Waals surface area contributed by atoms with Crippen molar-refractivity contribution in [3.63, 3.8) is 0 Å². The Morgan fingerprint density at radius 3 is 0.805 bits per heavy atom. The van der Waals surface area contributed by atoms with Gasteiger partial charge in [-0.2, -0.15) is 51.6 Å². The van der Waals surface area contributed by atoms with Gasteiger partial charge in [0.1, 0.15) is 0 Å². The van der Waals surface area contributed by atoms with Gasteiger partial charge in [-0.3, -0.25) is 47.2 Å². The van der Waals surface area contributed by atoms with Crippen LogP contribution in [0.15, 0.2) is 294 Å². The van der Waals surface area contributed by atoms with Crippen LogP contribution in [0.25, 0.3) is 0 Å². The highest BCUT2D eigenvalue weighted by molar-refractivity contribution is 7.95. The Kier molecular flexibility index (Phi) is 32.7. The van der Waals surface area contributed by atoms with Crippen molar-refractivity contribution in [2.75, 3.05) is 0 Å². The number of alkyl halides is 6. The molecule has 0 aromatic heterocycles. The molecule has 27 nitrogen and oxygen atoms in total. The lowest BCUT2D eigenvalue weighted by Gasteiger charge is -2.38. The molecule has 0 aliphatic carbocycles. The quantitative estimate of drug-likeness (QED) is 0.00608. The minimum absolute atomic E-state index is 0.00836. The molecule has 0 atom stereocenters. The highest BCUT2D eigenvalue weighted by Crippen LogP contribution is 2.57. The van der Waals surface area contributed by atoms with E-state index >= 15 is 26.3 Å². The Balaban J connectivity index is 0.000000201. The Morgan fingerprint density at radius 2 is 0.531 bits per heavy atom. The van der Waals surface area contributed by atoms with Gasteiger partial charge in [0, 0.05) is 103 Å². The first kappa shape index (κ1) is 100. The van der Waals surface area contributed by atoms with E-state index in [0.29, 0.717) is 82.3 Å². The van der Waals surface area contributed by atoms with Gasteiger partial charge in [-0.05, 0) is 181 Å². The van der Waals surface area contributed by atoms with Crippen LogP contribution >= 0.6 is 106 Å². The van der Waals surface area contributed by atoms with Crippen molar-refractivity contribution >= 4 is 186 Å². The molecular formula is C82H48Cl6F6O27S7. The molecule has 0 heterocycles. The van der Waals surface area contributed by atoms with Crippen LogP contribution in [0.2, 0.25) is 30.1 Å². The molecule has 0 aliphatic rings. The molecule has 6 N–H and O–H groups in total. The molecule has 0 spiro atoms. The van der Waals surface area contributed by atoms with Gasteiger partial charge in [0.05, 0.1) is 80.7 Å². The van der Waals surface area contributed by atoms with Crippen molar-refractivity contribution in [3.05, 3.63) is 374 Å². The molecule has 0 amide bonds. The van der Waals surface area contributed by atoms with Crippen LogP contribution in [0.3, 0.4) is 0 Å². The van der Waals surface area contributed by atoms with Gasteiger partial charge in [0.25, 0.3) is 30.4 Å². The molecule has 0 fully saturated rings. The van der Waals surface area contributed by atoms with Crippen molar-refractivity contribution in [1.82, 2.24) is 0 Å². The normalized spacial score (nSPS) is 12.0. The fourth-order valence-electron chi connectivity index (χ4n) is 12.2. The van der Waals surface area contributed by atoms with E-state index in [4.69, 9.17) is 85.4 Å². The number of carbonyl (C=O) groups excluding carboxylic acids is 7. The first-order valence-electron chi connectivity index (χ1n) is 34.6. The lowest BCUT2D eigenvalue weighted by Crippen LogP contribution is -2.55. The van der Waals surface area contributed by atoms with Crippen molar-refractivity contribution in [2.24, 2.45) is 0 Å². The number of hydrogen-bond acceptors (Lipinski definition) is 27. The predicted octanol–water partition coefficient (Wildman–Crippen LogP) is 20.9. The van der Waals surface area contributed by atoms with Crippen LogP contribution in [-0.4, -0.2) is 116 Å². The summed E-state index contributed by atoms with van der Waals surface area (Å²) in [6, 6.07) is 47.6. The molecular weight excluding hydrogens is 1970 g/mol. The van der Waals surface area contributed by atoms with E-state index in [-0.39, 0.29) is 86.7 Å². The zero-order chi connectivity index (χ0) is 93.9. The molecule has 128 heavy (non-hydrogen) atoms. The third-order valence-corrected chi connectivity index (χ3v) is 25.9. The van der Waals surface area contributed by atoms with E-state index in [1.54, 1.807) is 18.2 Å². The lowest BCUT2D eigenvalue weighted by atomic mass is 9.71. The number of carbonyl (C=O) groups is 7. The molecule has 12 rings (SSSR count). The van der Waals surface area contributed by atoms with Crippen molar-refractivity contribution in [3.8, 4) is 0 Å². The zero-order valence-electron chi connectivity index (χ0n) is 62.9. The maximum Gasteiger partial charge on any atom is 0.411 e. The van der Waals surface area contributed by atoms with Gasteiger partial charge in [-0.1, -0.05) is 170 Å². The van der Waals surface area contributed by atoms with E-state index in [0.717, 1.165) is 72.8 Å². The van der Waals surface area contributed by atoms with Crippen LogP contribution in [0.4, 0.5) is 26.3 Å². The van der Waals surface area contributed by atoms with Crippen LogP contribution < -0.4 is 0 Å². The molecule has 0 saturated heterocycles. The summed E-state index contributed by atoms with van der Waals surface area (Å²) in [5.74, 6) is -5.69. The Bertz CT molecular complexity index is 6900. The fourth-order valence-corrected chi connectivity index (χ4v) is 17.8. The predicted molar refractivity (Wildman–Crippen MR) is 451 cm³/mol. The van der Waals surface area contributed by atoms with E-state index in [9.17, 15) is 80.9 Å². The molecule has 12 aromatic carbocycles. The van der Waals surface area contributed by atoms with Crippen LogP contribution in [0.1, 0.15) is 123 Å². The van der Waals surface area contributed by atoms with Gasteiger partial charge < -0.3 is 0 Å². The molecule has 0 bridgehead atoms. The van der Waals surface area contributed by atoms with Crippen molar-refractivity contribution in [2.45, 2.75) is 56.9 Å². The van der Waals surface area contributed by atoms with Gasteiger partial charge in [-0.25, -0.2) is 24.2 Å².